The Morgan fingerprint density at radius 2 is 2.00 bits per heavy atom. The number of aldehydes is 1. The van der Waals surface area contributed by atoms with E-state index in [-0.39, 0.29) is 3.92 Å². The van der Waals surface area contributed by atoms with Crippen LogP contribution >= 0.6 is 22.6 Å². The van der Waals surface area contributed by atoms with Gasteiger partial charge in [0.15, 0.2) is 0 Å². The zero-order chi connectivity index (χ0) is 10.7. The summed E-state index contributed by atoms with van der Waals surface area (Å²) in [5, 5.41) is 0. The first kappa shape index (κ1) is 11.7. The molecule has 0 aromatic heterocycles. The normalized spacial score (nSPS) is 14.9. The van der Waals surface area contributed by atoms with E-state index in [1.165, 1.54) is 16.7 Å². The lowest BCUT2D eigenvalue weighted by molar-refractivity contribution is -0.107. The average molecular weight is 302 g/mol. The van der Waals surface area contributed by atoms with Crippen LogP contribution in [0.5, 0.6) is 0 Å². The second-order valence-corrected chi connectivity index (χ2v) is 5.10. The Hall–Kier alpha value is -0.380. The maximum atomic E-state index is 10.7. The number of alkyl halides is 1. The lowest BCUT2D eigenvalue weighted by atomic mass is 9.92. The number of carbonyl (C=O) groups excluding carboxylic acids is 1. The van der Waals surface area contributed by atoms with Gasteiger partial charge in [-0.1, -0.05) is 47.7 Å². The topological polar surface area (TPSA) is 17.1 Å². The second-order valence-electron chi connectivity index (χ2n) is 3.66. The number of benzene rings is 1. The summed E-state index contributed by atoms with van der Waals surface area (Å²) in [5.41, 5.74) is 3.89. The third-order valence-electron chi connectivity index (χ3n) is 2.74. The molecule has 0 aliphatic heterocycles. The highest BCUT2D eigenvalue weighted by atomic mass is 127. The highest BCUT2D eigenvalue weighted by molar-refractivity contribution is 14.1. The van der Waals surface area contributed by atoms with Gasteiger partial charge in [0.2, 0.25) is 0 Å². The third kappa shape index (κ3) is 2.35. The average Bonchev–Trinajstić information content (AvgIpc) is 2.20. The molecule has 0 bridgehead atoms. The molecule has 0 fully saturated rings. The SMILES string of the molecule is Cc1cccc(C(C)C(I)C=O)c1C. The van der Waals surface area contributed by atoms with Crippen LogP contribution in [0.2, 0.25) is 0 Å². The van der Waals surface area contributed by atoms with Crippen LogP contribution in [-0.2, 0) is 4.79 Å². The van der Waals surface area contributed by atoms with Crippen LogP contribution < -0.4 is 0 Å². The fourth-order valence-electron chi connectivity index (χ4n) is 1.56. The molecule has 0 aliphatic rings. The summed E-state index contributed by atoms with van der Waals surface area (Å²) in [4.78, 5) is 10.7. The molecule has 0 saturated heterocycles. The van der Waals surface area contributed by atoms with Crippen molar-refractivity contribution in [3.05, 3.63) is 34.9 Å². The highest BCUT2D eigenvalue weighted by Gasteiger charge is 2.16. The number of carbonyl (C=O) groups is 1. The minimum atomic E-state index is 0.0631. The molecule has 0 amide bonds. The molecular weight excluding hydrogens is 287 g/mol. The van der Waals surface area contributed by atoms with Crippen LogP contribution in [0, 0.1) is 13.8 Å². The molecule has 14 heavy (non-hydrogen) atoms. The zero-order valence-corrected chi connectivity index (χ0v) is 10.9. The number of hydrogen-bond acceptors (Lipinski definition) is 1. The van der Waals surface area contributed by atoms with Crippen LogP contribution in [0.15, 0.2) is 18.2 Å². The Morgan fingerprint density at radius 1 is 1.36 bits per heavy atom. The standard InChI is InChI=1S/C12H15IO/c1-8-5-4-6-11(9(8)2)10(3)12(13)7-14/h4-7,10,12H,1-3H3. The van der Waals surface area contributed by atoms with Crippen LogP contribution in [-0.4, -0.2) is 10.2 Å². The van der Waals surface area contributed by atoms with E-state index in [2.05, 4.69) is 61.6 Å². The Bertz CT molecular complexity index is 333. The summed E-state index contributed by atoms with van der Waals surface area (Å²) in [6, 6.07) is 6.28. The van der Waals surface area contributed by atoms with Crippen molar-refractivity contribution < 1.29 is 4.79 Å². The van der Waals surface area contributed by atoms with E-state index < -0.39 is 0 Å². The van der Waals surface area contributed by atoms with Crippen molar-refractivity contribution >= 4 is 28.9 Å². The molecule has 0 aliphatic carbocycles. The van der Waals surface area contributed by atoms with E-state index in [4.69, 9.17) is 0 Å². The maximum Gasteiger partial charge on any atom is 0.133 e. The van der Waals surface area contributed by atoms with Gasteiger partial charge in [-0.3, -0.25) is 0 Å². The van der Waals surface area contributed by atoms with Gasteiger partial charge in [0.1, 0.15) is 6.29 Å². The molecule has 0 saturated carbocycles. The number of aryl methyl sites for hydroxylation is 1. The summed E-state index contributed by atoms with van der Waals surface area (Å²) in [6.07, 6.45) is 1.02. The Kier molecular flexibility index (Phi) is 4.11. The van der Waals surface area contributed by atoms with Crippen LogP contribution in [0.1, 0.15) is 29.5 Å². The summed E-state index contributed by atoms with van der Waals surface area (Å²) in [5.74, 6) is 0.299. The van der Waals surface area contributed by atoms with Crippen molar-refractivity contribution in [3.63, 3.8) is 0 Å². The fourth-order valence-corrected chi connectivity index (χ4v) is 1.94. The molecular formula is C12H15IO. The number of halogens is 1. The van der Waals surface area contributed by atoms with Crippen molar-refractivity contribution in [2.45, 2.75) is 30.6 Å². The first-order valence-electron chi connectivity index (χ1n) is 4.73. The van der Waals surface area contributed by atoms with Crippen molar-refractivity contribution in [2.75, 3.05) is 0 Å². The van der Waals surface area contributed by atoms with Gasteiger partial charge in [-0.2, -0.15) is 0 Å². The first-order valence-corrected chi connectivity index (χ1v) is 5.98. The minimum Gasteiger partial charge on any atom is -0.302 e. The fraction of sp³-hybridized carbons (Fsp3) is 0.417. The third-order valence-corrected chi connectivity index (χ3v) is 4.12. The smallest absolute Gasteiger partial charge is 0.133 e. The number of rotatable bonds is 3. The largest absolute Gasteiger partial charge is 0.302 e. The predicted octanol–water partition coefficient (Wildman–Crippen LogP) is 3.41. The summed E-state index contributed by atoms with van der Waals surface area (Å²) >= 11 is 2.20. The minimum absolute atomic E-state index is 0.0631. The molecule has 2 unspecified atom stereocenters. The Morgan fingerprint density at radius 3 is 2.57 bits per heavy atom. The van der Waals surface area contributed by atoms with Gasteiger partial charge in [0.05, 0.1) is 3.92 Å². The van der Waals surface area contributed by atoms with E-state index in [9.17, 15) is 4.79 Å². The van der Waals surface area contributed by atoms with E-state index in [1.807, 2.05) is 0 Å². The predicted molar refractivity (Wildman–Crippen MR) is 68.2 cm³/mol. The number of hydrogen-bond donors (Lipinski definition) is 0. The van der Waals surface area contributed by atoms with Gasteiger partial charge < -0.3 is 4.79 Å². The van der Waals surface area contributed by atoms with Crippen molar-refractivity contribution in [1.82, 2.24) is 0 Å². The Labute approximate surface area is 99.0 Å². The van der Waals surface area contributed by atoms with Gasteiger partial charge in [-0.05, 0) is 36.5 Å². The van der Waals surface area contributed by atoms with Gasteiger partial charge in [0.25, 0.3) is 0 Å². The molecule has 0 heterocycles. The van der Waals surface area contributed by atoms with E-state index in [0.29, 0.717) is 5.92 Å². The van der Waals surface area contributed by atoms with Crippen LogP contribution in [0.4, 0.5) is 0 Å². The molecule has 76 valence electrons. The van der Waals surface area contributed by atoms with E-state index in [1.54, 1.807) is 0 Å². The molecule has 1 rings (SSSR count). The highest BCUT2D eigenvalue weighted by Crippen LogP contribution is 2.27. The first-order chi connectivity index (χ1) is 6.57. The summed E-state index contributed by atoms with van der Waals surface area (Å²) in [7, 11) is 0. The van der Waals surface area contributed by atoms with Gasteiger partial charge >= 0.3 is 0 Å². The van der Waals surface area contributed by atoms with Crippen LogP contribution in [0.25, 0.3) is 0 Å². The van der Waals surface area contributed by atoms with Crippen molar-refractivity contribution in [1.29, 1.82) is 0 Å². The molecule has 0 N–H and O–H groups in total. The van der Waals surface area contributed by atoms with Crippen molar-refractivity contribution in [2.24, 2.45) is 0 Å². The molecule has 0 spiro atoms. The van der Waals surface area contributed by atoms with Gasteiger partial charge in [0, 0.05) is 0 Å². The molecule has 1 nitrogen and oxygen atoms in total. The van der Waals surface area contributed by atoms with Gasteiger partial charge in [-0.25, -0.2) is 0 Å². The molecule has 1 aromatic rings. The van der Waals surface area contributed by atoms with Crippen molar-refractivity contribution in [3.8, 4) is 0 Å². The molecule has 2 atom stereocenters. The lowest BCUT2D eigenvalue weighted by Gasteiger charge is -2.17. The summed E-state index contributed by atoms with van der Waals surface area (Å²) < 4.78 is 0.0631. The molecule has 1 aromatic carbocycles. The summed E-state index contributed by atoms with van der Waals surface area (Å²) in [6.45, 7) is 6.33. The monoisotopic (exact) mass is 302 g/mol. The van der Waals surface area contributed by atoms with E-state index >= 15 is 0 Å². The van der Waals surface area contributed by atoms with E-state index in [0.717, 1.165) is 6.29 Å². The molecule has 0 radical (unpaired) electrons. The second kappa shape index (κ2) is 4.91. The maximum absolute atomic E-state index is 10.7. The Balaban J connectivity index is 3.06. The quantitative estimate of drug-likeness (QED) is 0.475. The van der Waals surface area contributed by atoms with Gasteiger partial charge in [-0.15, -0.1) is 0 Å². The van der Waals surface area contributed by atoms with Crippen LogP contribution in [0.3, 0.4) is 0 Å². The molecule has 2 heteroatoms. The lowest BCUT2D eigenvalue weighted by Crippen LogP contribution is -2.11. The zero-order valence-electron chi connectivity index (χ0n) is 8.75.